The van der Waals surface area contributed by atoms with Crippen molar-refractivity contribution in [2.75, 3.05) is 0 Å². The molecule has 3 aromatic rings. The summed E-state index contributed by atoms with van der Waals surface area (Å²) >= 11 is 1.55. The normalized spacial score (nSPS) is 12.4. The number of nitrogens with zero attached hydrogens (tertiary/aromatic N) is 1. The maximum atomic E-state index is 12.5. The quantitative estimate of drug-likeness (QED) is 0.350. The van der Waals surface area contributed by atoms with Crippen molar-refractivity contribution in [2.45, 2.75) is 13.1 Å². The monoisotopic (exact) mass is 363 g/mol. The van der Waals surface area contributed by atoms with Crippen LogP contribution in [0.15, 0.2) is 59.1 Å². The van der Waals surface area contributed by atoms with Gasteiger partial charge in [0.05, 0.1) is 16.8 Å². The summed E-state index contributed by atoms with van der Waals surface area (Å²) in [5, 5.41) is 6.73. The minimum Gasteiger partial charge on any atom is -0.313 e. The van der Waals surface area contributed by atoms with Gasteiger partial charge < -0.3 is 4.84 Å². The number of rotatable bonds is 3. The van der Waals surface area contributed by atoms with Crippen molar-refractivity contribution in [3.8, 4) is 0 Å². The van der Waals surface area contributed by atoms with Gasteiger partial charge in [-0.2, -0.15) is 13.2 Å². The second-order valence-electron chi connectivity index (χ2n) is 5.28. The molecular weight excluding hydrogens is 351 g/mol. The molecule has 0 aliphatic heterocycles. The summed E-state index contributed by atoms with van der Waals surface area (Å²) in [6.45, 7) is 1.70. The Morgan fingerprint density at radius 1 is 1.08 bits per heavy atom. The molecular formula is C18H12F3NO2S. The van der Waals surface area contributed by atoms with E-state index in [-0.39, 0.29) is 5.56 Å². The Morgan fingerprint density at radius 3 is 2.44 bits per heavy atom. The van der Waals surface area contributed by atoms with E-state index in [1.54, 1.807) is 18.3 Å². The van der Waals surface area contributed by atoms with Crippen molar-refractivity contribution in [1.29, 1.82) is 0 Å². The number of hydrogen-bond donors (Lipinski definition) is 0. The molecule has 3 rings (SSSR count). The molecule has 128 valence electrons. The Bertz CT molecular complexity index is 943. The highest BCUT2D eigenvalue weighted by Gasteiger charge is 2.30. The standard InChI is InChI=1S/C18H12F3NO2S/c1-11(15-10-25-16-5-3-2-4-14(15)16)22-24-17(23)12-6-8-13(9-7-12)18(19,20)21/h2-10H,1H3/b22-11-. The zero-order valence-electron chi connectivity index (χ0n) is 13.0. The van der Waals surface area contributed by atoms with Gasteiger partial charge in [-0.1, -0.05) is 23.4 Å². The zero-order chi connectivity index (χ0) is 18.0. The molecule has 0 N–H and O–H groups in total. The van der Waals surface area contributed by atoms with Crippen LogP contribution in [-0.4, -0.2) is 11.7 Å². The van der Waals surface area contributed by atoms with Crippen molar-refractivity contribution in [3.63, 3.8) is 0 Å². The number of halogens is 3. The summed E-state index contributed by atoms with van der Waals surface area (Å²) in [5.74, 6) is -0.812. The van der Waals surface area contributed by atoms with Crippen LogP contribution in [0.5, 0.6) is 0 Å². The van der Waals surface area contributed by atoms with Crippen molar-refractivity contribution < 1.29 is 22.8 Å². The van der Waals surface area contributed by atoms with E-state index in [2.05, 4.69) is 5.16 Å². The lowest BCUT2D eigenvalue weighted by molar-refractivity contribution is -0.137. The molecule has 0 saturated heterocycles. The van der Waals surface area contributed by atoms with E-state index in [1.165, 1.54) is 0 Å². The van der Waals surface area contributed by atoms with Gasteiger partial charge in [0.25, 0.3) is 0 Å². The fourth-order valence-corrected chi connectivity index (χ4v) is 3.27. The molecule has 0 unspecified atom stereocenters. The van der Waals surface area contributed by atoms with Gasteiger partial charge in [0, 0.05) is 21.0 Å². The van der Waals surface area contributed by atoms with Crippen LogP contribution in [0.2, 0.25) is 0 Å². The van der Waals surface area contributed by atoms with Crippen molar-refractivity contribution in [1.82, 2.24) is 0 Å². The van der Waals surface area contributed by atoms with Crippen LogP contribution >= 0.6 is 11.3 Å². The summed E-state index contributed by atoms with van der Waals surface area (Å²) in [6, 6.07) is 11.5. The predicted molar refractivity (Wildman–Crippen MR) is 90.9 cm³/mol. The average Bonchev–Trinajstić information content (AvgIpc) is 3.03. The van der Waals surface area contributed by atoms with Gasteiger partial charge in [-0.05, 0) is 37.3 Å². The molecule has 0 spiro atoms. The first-order valence-electron chi connectivity index (χ1n) is 7.26. The van der Waals surface area contributed by atoms with Gasteiger partial charge in [-0.25, -0.2) is 4.79 Å². The lowest BCUT2D eigenvalue weighted by Crippen LogP contribution is -2.07. The summed E-state index contributed by atoms with van der Waals surface area (Å²) < 4.78 is 38.7. The number of fused-ring (bicyclic) bond motifs is 1. The highest BCUT2D eigenvalue weighted by molar-refractivity contribution is 7.17. The number of carbonyl (C=O) groups is 1. The summed E-state index contributed by atoms with van der Waals surface area (Å²) in [4.78, 5) is 16.8. The van der Waals surface area contributed by atoms with Crippen LogP contribution in [0.1, 0.15) is 28.4 Å². The Kier molecular flexibility index (Phi) is 4.59. The lowest BCUT2D eigenvalue weighted by atomic mass is 10.1. The van der Waals surface area contributed by atoms with E-state index in [1.807, 2.05) is 29.6 Å². The highest BCUT2D eigenvalue weighted by atomic mass is 32.1. The van der Waals surface area contributed by atoms with Crippen LogP contribution in [0.25, 0.3) is 10.1 Å². The molecule has 0 atom stereocenters. The molecule has 3 nitrogen and oxygen atoms in total. The summed E-state index contributed by atoms with van der Waals surface area (Å²) in [6.07, 6.45) is -4.45. The number of alkyl halides is 3. The van der Waals surface area contributed by atoms with Crippen molar-refractivity contribution in [2.24, 2.45) is 5.16 Å². The molecule has 0 radical (unpaired) electrons. The van der Waals surface area contributed by atoms with Crippen LogP contribution in [0.4, 0.5) is 13.2 Å². The first-order chi connectivity index (χ1) is 11.9. The van der Waals surface area contributed by atoms with Crippen LogP contribution in [-0.2, 0) is 11.0 Å². The first kappa shape index (κ1) is 17.2. The summed E-state index contributed by atoms with van der Waals surface area (Å²) in [5.41, 5.74) is 0.534. The van der Waals surface area contributed by atoms with Crippen molar-refractivity contribution >= 4 is 33.1 Å². The third-order valence-electron chi connectivity index (χ3n) is 3.58. The first-order valence-corrected chi connectivity index (χ1v) is 8.14. The minimum atomic E-state index is -4.45. The topological polar surface area (TPSA) is 38.7 Å². The number of oxime groups is 1. The number of thiophene rings is 1. The lowest BCUT2D eigenvalue weighted by Gasteiger charge is -2.06. The van der Waals surface area contributed by atoms with E-state index in [0.717, 1.165) is 39.9 Å². The predicted octanol–water partition coefficient (Wildman–Crippen LogP) is 5.50. The molecule has 25 heavy (non-hydrogen) atoms. The van der Waals surface area contributed by atoms with Gasteiger partial charge in [-0.3, -0.25) is 0 Å². The van der Waals surface area contributed by atoms with Gasteiger partial charge in [0.1, 0.15) is 0 Å². The van der Waals surface area contributed by atoms with E-state index in [0.29, 0.717) is 5.71 Å². The Balaban J connectivity index is 1.75. The van der Waals surface area contributed by atoms with E-state index < -0.39 is 17.7 Å². The highest BCUT2D eigenvalue weighted by Crippen LogP contribution is 2.29. The molecule has 0 fully saturated rings. The third kappa shape index (κ3) is 3.71. The molecule has 1 aromatic heterocycles. The van der Waals surface area contributed by atoms with E-state index in [9.17, 15) is 18.0 Å². The molecule has 1 heterocycles. The second-order valence-corrected chi connectivity index (χ2v) is 6.19. The second kappa shape index (κ2) is 6.68. The fourth-order valence-electron chi connectivity index (χ4n) is 2.27. The van der Waals surface area contributed by atoms with Crippen LogP contribution < -0.4 is 0 Å². The van der Waals surface area contributed by atoms with Crippen molar-refractivity contribution in [3.05, 3.63) is 70.6 Å². The SMILES string of the molecule is C/C(=N/OC(=O)c1ccc(C(F)(F)F)cc1)c1csc2ccccc12. The Hall–Kier alpha value is -2.67. The third-order valence-corrected chi connectivity index (χ3v) is 4.55. The zero-order valence-corrected chi connectivity index (χ0v) is 13.8. The maximum absolute atomic E-state index is 12.5. The molecule has 7 heteroatoms. The van der Waals surface area contributed by atoms with E-state index >= 15 is 0 Å². The molecule has 2 aromatic carbocycles. The molecule has 0 bridgehead atoms. The van der Waals surface area contributed by atoms with Gasteiger partial charge in [-0.15, -0.1) is 11.3 Å². The molecule has 0 saturated carbocycles. The molecule has 0 amide bonds. The minimum absolute atomic E-state index is 0.000253. The largest absolute Gasteiger partial charge is 0.416 e. The fraction of sp³-hybridized carbons (Fsp3) is 0.111. The average molecular weight is 363 g/mol. The number of benzene rings is 2. The smallest absolute Gasteiger partial charge is 0.313 e. The Labute approximate surface area is 145 Å². The van der Waals surface area contributed by atoms with Crippen LogP contribution in [0.3, 0.4) is 0 Å². The van der Waals surface area contributed by atoms with Crippen LogP contribution in [0, 0.1) is 0 Å². The maximum Gasteiger partial charge on any atom is 0.416 e. The number of hydrogen-bond acceptors (Lipinski definition) is 4. The van der Waals surface area contributed by atoms with Gasteiger partial charge >= 0.3 is 12.1 Å². The molecule has 0 aliphatic carbocycles. The Morgan fingerprint density at radius 2 is 1.76 bits per heavy atom. The van der Waals surface area contributed by atoms with Gasteiger partial charge in [0.15, 0.2) is 0 Å². The molecule has 0 aliphatic rings. The van der Waals surface area contributed by atoms with E-state index in [4.69, 9.17) is 4.84 Å². The summed E-state index contributed by atoms with van der Waals surface area (Å²) in [7, 11) is 0. The number of carbonyl (C=O) groups excluding carboxylic acids is 1. The van der Waals surface area contributed by atoms with Gasteiger partial charge in [0.2, 0.25) is 0 Å².